The van der Waals surface area contributed by atoms with E-state index in [0.717, 1.165) is 23.7 Å². The molecule has 2 aromatic rings. The Balaban J connectivity index is 1.87. The molecule has 0 spiro atoms. The van der Waals surface area contributed by atoms with Crippen LogP contribution < -0.4 is 10.2 Å². The summed E-state index contributed by atoms with van der Waals surface area (Å²) in [6.45, 7) is 8.81. The van der Waals surface area contributed by atoms with Gasteiger partial charge < -0.3 is 9.64 Å². The summed E-state index contributed by atoms with van der Waals surface area (Å²) in [4.78, 5) is 28.9. The molecule has 1 aliphatic heterocycles. The lowest BCUT2D eigenvalue weighted by molar-refractivity contribution is 0.102. The molecular weight excluding hydrogens is 326 g/mol. The number of rotatable bonds is 4. The van der Waals surface area contributed by atoms with E-state index in [2.05, 4.69) is 39.0 Å². The first kappa shape index (κ1) is 16.8. The topological polar surface area (TPSA) is 80.2 Å². The van der Waals surface area contributed by atoms with E-state index >= 15 is 0 Å². The first-order valence-corrected chi connectivity index (χ1v) is 8.80. The van der Waals surface area contributed by atoms with Gasteiger partial charge in [0.1, 0.15) is 5.69 Å². The normalized spacial score (nSPS) is 14.9. The maximum atomic E-state index is 12.6. The molecule has 2 aromatic heterocycles. The van der Waals surface area contributed by atoms with Crippen LogP contribution in [0.4, 0.5) is 11.1 Å². The van der Waals surface area contributed by atoms with Gasteiger partial charge in [-0.3, -0.25) is 10.1 Å². The molecule has 0 aliphatic carbocycles. The zero-order valence-electron chi connectivity index (χ0n) is 14.1. The Hall–Kier alpha value is -2.06. The van der Waals surface area contributed by atoms with Crippen molar-refractivity contribution in [1.82, 2.24) is 15.0 Å². The van der Waals surface area contributed by atoms with E-state index in [9.17, 15) is 4.79 Å². The summed E-state index contributed by atoms with van der Waals surface area (Å²) in [6, 6.07) is 1.75. The molecule has 1 saturated heterocycles. The zero-order valence-corrected chi connectivity index (χ0v) is 14.9. The smallest absolute Gasteiger partial charge is 0.276 e. The van der Waals surface area contributed by atoms with E-state index in [1.54, 1.807) is 12.3 Å². The van der Waals surface area contributed by atoms with E-state index in [4.69, 9.17) is 4.74 Å². The molecule has 128 valence electrons. The van der Waals surface area contributed by atoms with Crippen molar-refractivity contribution in [3.05, 3.63) is 28.5 Å². The third-order valence-corrected chi connectivity index (χ3v) is 4.52. The molecule has 0 atom stereocenters. The predicted molar refractivity (Wildman–Crippen MR) is 94.0 cm³/mol. The lowest BCUT2D eigenvalue weighted by atomic mass is 10.1. The number of hydrogen-bond acceptors (Lipinski definition) is 7. The van der Waals surface area contributed by atoms with Crippen molar-refractivity contribution in [3.8, 4) is 0 Å². The lowest BCUT2D eigenvalue weighted by Crippen LogP contribution is -2.38. The summed E-state index contributed by atoms with van der Waals surface area (Å²) in [6.07, 6.45) is 1.74. The minimum absolute atomic E-state index is 0.210. The van der Waals surface area contributed by atoms with Crippen LogP contribution in [0.5, 0.6) is 0 Å². The molecule has 1 N–H and O–H groups in total. The predicted octanol–water partition coefficient (Wildman–Crippen LogP) is 2.45. The Labute approximate surface area is 145 Å². The van der Waals surface area contributed by atoms with Crippen molar-refractivity contribution >= 4 is 28.3 Å². The fourth-order valence-corrected chi connectivity index (χ4v) is 3.00. The van der Waals surface area contributed by atoms with E-state index in [1.807, 2.05) is 6.92 Å². The van der Waals surface area contributed by atoms with Crippen molar-refractivity contribution in [2.24, 2.45) is 0 Å². The zero-order chi connectivity index (χ0) is 17.1. The summed E-state index contributed by atoms with van der Waals surface area (Å²) in [5.74, 6) is 0.537. The molecular formula is C16H21N5O2S. The van der Waals surface area contributed by atoms with E-state index in [0.29, 0.717) is 30.0 Å². The van der Waals surface area contributed by atoms with Gasteiger partial charge in [0.15, 0.2) is 5.13 Å². The van der Waals surface area contributed by atoms with Gasteiger partial charge in [0.2, 0.25) is 5.95 Å². The second-order valence-corrected chi connectivity index (χ2v) is 7.20. The number of aryl methyl sites for hydroxylation is 1. The number of nitrogens with zero attached hydrogens (tertiary/aromatic N) is 4. The fraction of sp³-hybridized carbons (Fsp3) is 0.500. The van der Waals surface area contributed by atoms with Gasteiger partial charge in [-0.05, 0) is 18.9 Å². The van der Waals surface area contributed by atoms with Gasteiger partial charge in [0, 0.05) is 29.9 Å². The van der Waals surface area contributed by atoms with Crippen LogP contribution in [-0.4, -0.2) is 47.2 Å². The van der Waals surface area contributed by atoms with Gasteiger partial charge in [-0.15, -0.1) is 11.3 Å². The number of amides is 1. The van der Waals surface area contributed by atoms with Crippen LogP contribution in [0.1, 0.15) is 40.8 Å². The highest BCUT2D eigenvalue weighted by molar-refractivity contribution is 7.15. The van der Waals surface area contributed by atoms with Crippen LogP contribution in [0, 0.1) is 6.92 Å². The number of hydrogen-bond donors (Lipinski definition) is 1. The maximum absolute atomic E-state index is 12.6. The number of nitrogens with one attached hydrogen (secondary N) is 1. The Kier molecular flexibility index (Phi) is 5.06. The Bertz CT molecular complexity index is 725. The SMILES string of the molecule is Cc1cnc(NC(=O)c2cc(C(C)C)nc(N3CCOCC3)n2)s1. The van der Waals surface area contributed by atoms with Gasteiger partial charge >= 0.3 is 0 Å². The quantitative estimate of drug-likeness (QED) is 0.915. The summed E-state index contributed by atoms with van der Waals surface area (Å²) in [5, 5.41) is 3.39. The van der Waals surface area contributed by atoms with Crippen molar-refractivity contribution in [1.29, 1.82) is 0 Å². The molecule has 0 unspecified atom stereocenters. The molecule has 3 heterocycles. The number of carbonyl (C=O) groups is 1. The van der Waals surface area contributed by atoms with Gasteiger partial charge in [0.05, 0.1) is 13.2 Å². The summed E-state index contributed by atoms with van der Waals surface area (Å²) in [7, 11) is 0. The number of thiazole rings is 1. The van der Waals surface area contributed by atoms with Gasteiger partial charge in [-0.1, -0.05) is 13.8 Å². The van der Waals surface area contributed by atoms with Crippen molar-refractivity contribution < 1.29 is 9.53 Å². The minimum Gasteiger partial charge on any atom is -0.378 e. The number of morpholine rings is 1. The van der Waals surface area contributed by atoms with Gasteiger partial charge in [0.25, 0.3) is 5.91 Å². The third kappa shape index (κ3) is 3.88. The summed E-state index contributed by atoms with van der Waals surface area (Å²) in [5.41, 5.74) is 1.22. The number of ether oxygens (including phenoxy) is 1. The largest absolute Gasteiger partial charge is 0.378 e. The average molecular weight is 347 g/mol. The molecule has 0 saturated carbocycles. The second-order valence-electron chi connectivity index (χ2n) is 5.96. The number of aromatic nitrogens is 3. The molecule has 3 rings (SSSR count). The highest BCUT2D eigenvalue weighted by atomic mass is 32.1. The van der Waals surface area contributed by atoms with Crippen molar-refractivity contribution in [2.45, 2.75) is 26.7 Å². The number of anilines is 2. The molecule has 0 aromatic carbocycles. The van der Waals surface area contributed by atoms with Crippen LogP contribution in [0.15, 0.2) is 12.3 Å². The van der Waals surface area contributed by atoms with Crippen LogP contribution in [0.3, 0.4) is 0 Å². The Morgan fingerprint density at radius 2 is 2.08 bits per heavy atom. The molecule has 1 aliphatic rings. The average Bonchev–Trinajstić information content (AvgIpc) is 3.00. The Morgan fingerprint density at radius 1 is 1.33 bits per heavy atom. The van der Waals surface area contributed by atoms with Crippen molar-refractivity contribution in [2.75, 3.05) is 36.5 Å². The Morgan fingerprint density at radius 3 is 2.71 bits per heavy atom. The highest BCUT2D eigenvalue weighted by Gasteiger charge is 2.19. The first-order chi connectivity index (χ1) is 11.5. The van der Waals surface area contributed by atoms with Gasteiger partial charge in [-0.2, -0.15) is 0 Å². The van der Waals surface area contributed by atoms with Crippen LogP contribution in [0.25, 0.3) is 0 Å². The van der Waals surface area contributed by atoms with E-state index < -0.39 is 0 Å². The second kappa shape index (κ2) is 7.23. The third-order valence-electron chi connectivity index (χ3n) is 3.69. The van der Waals surface area contributed by atoms with Crippen LogP contribution in [-0.2, 0) is 4.74 Å². The standard InChI is InChI=1S/C16H21N5O2S/c1-10(2)12-8-13(14(22)20-16-17-9-11(3)24-16)19-15(18-12)21-4-6-23-7-5-21/h8-10H,4-7H2,1-3H3,(H,17,20,22). The first-order valence-electron chi connectivity index (χ1n) is 7.98. The van der Waals surface area contributed by atoms with Crippen molar-refractivity contribution in [3.63, 3.8) is 0 Å². The molecule has 8 heteroatoms. The summed E-state index contributed by atoms with van der Waals surface area (Å²) < 4.78 is 5.37. The summed E-state index contributed by atoms with van der Waals surface area (Å²) >= 11 is 1.44. The molecule has 7 nitrogen and oxygen atoms in total. The molecule has 1 fully saturated rings. The molecule has 1 amide bonds. The fourth-order valence-electron chi connectivity index (χ4n) is 2.34. The minimum atomic E-state index is -0.261. The molecule has 24 heavy (non-hydrogen) atoms. The number of carbonyl (C=O) groups excluding carboxylic acids is 1. The lowest BCUT2D eigenvalue weighted by Gasteiger charge is -2.27. The molecule has 0 radical (unpaired) electrons. The van der Waals surface area contributed by atoms with Crippen LogP contribution >= 0.6 is 11.3 Å². The monoisotopic (exact) mass is 347 g/mol. The van der Waals surface area contributed by atoms with E-state index in [-0.39, 0.29) is 11.8 Å². The highest BCUT2D eigenvalue weighted by Crippen LogP contribution is 2.20. The van der Waals surface area contributed by atoms with E-state index in [1.165, 1.54) is 11.3 Å². The maximum Gasteiger partial charge on any atom is 0.276 e. The van der Waals surface area contributed by atoms with Gasteiger partial charge in [-0.25, -0.2) is 15.0 Å². The van der Waals surface area contributed by atoms with Crippen LogP contribution in [0.2, 0.25) is 0 Å². The molecule has 0 bridgehead atoms.